The number of aryl methyl sites for hydroxylation is 1. The van der Waals surface area contributed by atoms with Crippen molar-refractivity contribution in [1.82, 2.24) is 0 Å². The Morgan fingerprint density at radius 1 is 1.09 bits per heavy atom. The highest BCUT2D eigenvalue weighted by molar-refractivity contribution is 9.10. The smallest absolute Gasteiger partial charge is 0.227 e. The van der Waals surface area contributed by atoms with Crippen molar-refractivity contribution in [2.75, 3.05) is 4.90 Å². The first-order valence-corrected chi connectivity index (χ1v) is 9.92. The van der Waals surface area contributed by atoms with Crippen LogP contribution >= 0.6 is 15.9 Å². The summed E-state index contributed by atoms with van der Waals surface area (Å²) in [4.78, 5) is 14.9. The summed E-state index contributed by atoms with van der Waals surface area (Å²) in [7, 11) is 0. The third-order valence-electron chi connectivity index (χ3n) is 4.30. The molecule has 3 heteroatoms. The van der Waals surface area contributed by atoms with Crippen LogP contribution in [0.5, 0.6) is 0 Å². The fraction of sp³-hybridized carbons (Fsp3) is 0.650. The molecule has 0 N–H and O–H groups in total. The van der Waals surface area contributed by atoms with Crippen molar-refractivity contribution in [3.63, 3.8) is 0 Å². The average Bonchev–Trinajstić information content (AvgIpc) is 2.53. The third-order valence-corrected chi connectivity index (χ3v) is 5.19. The van der Waals surface area contributed by atoms with Gasteiger partial charge in [-0.05, 0) is 49.9 Å². The normalized spacial score (nSPS) is 11.0. The van der Waals surface area contributed by atoms with Crippen molar-refractivity contribution < 1.29 is 4.79 Å². The van der Waals surface area contributed by atoms with Gasteiger partial charge >= 0.3 is 0 Å². The van der Waals surface area contributed by atoms with Gasteiger partial charge in [0, 0.05) is 22.6 Å². The molecule has 0 unspecified atom stereocenters. The van der Waals surface area contributed by atoms with Gasteiger partial charge in [0.25, 0.3) is 0 Å². The SMILES string of the molecule is CCCCC(CCCC)N(C(=O)CCC)c1ccc(Br)c(C)c1. The van der Waals surface area contributed by atoms with E-state index < -0.39 is 0 Å². The van der Waals surface area contributed by atoms with Crippen LogP contribution in [0.3, 0.4) is 0 Å². The van der Waals surface area contributed by atoms with E-state index in [1.54, 1.807) is 0 Å². The zero-order chi connectivity index (χ0) is 17.2. The lowest BCUT2D eigenvalue weighted by molar-refractivity contribution is -0.119. The molecule has 2 nitrogen and oxygen atoms in total. The Morgan fingerprint density at radius 2 is 1.70 bits per heavy atom. The second-order valence-corrected chi connectivity index (χ2v) is 7.24. The van der Waals surface area contributed by atoms with Crippen LogP contribution in [0.4, 0.5) is 5.69 Å². The monoisotopic (exact) mass is 381 g/mol. The number of carbonyl (C=O) groups excluding carboxylic acids is 1. The molecule has 1 aromatic rings. The van der Waals surface area contributed by atoms with Gasteiger partial charge in [-0.1, -0.05) is 62.4 Å². The van der Waals surface area contributed by atoms with Crippen LogP contribution in [0.15, 0.2) is 22.7 Å². The second-order valence-electron chi connectivity index (χ2n) is 6.39. The number of nitrogens with zero attached hydrogens (tertiary/aromatic N) is 1. The highest BCUT2D eigenvalue weighted by Crippen LogP contribution is 2.28. The predicted octanol–water partition coefficient (Wildman–Crippen LogP) is 6.64. The van der Waals surface area contributed by atoms with Crippen LogP contribution in [0.2, 0.25) is 0 Å². The van der Waals surface area contributed by atoms with Crippen molar-refractivity contribution in [2.24, 2.45) is 0 Å². The zero-order valence-corrected chi connectivity index (χ0v) is 16.8. The van der Waals surface area contributed by atoms with Gasteiger partial charge in [-0.2, -0.15) is 0 Å². The molecule has 23 heavy (non-hydrogen) atoms. The molecule has 0 saturated carbocycles. The molecule has 0 bridgehead atoms. The Morgan fingerprint density at radius 3 is 2.17 bits per heavy atom. The van der Waals surface area contributed by atoms with E-state index in [2.05, 4.69) is 66.7 Å². The molecule has 1 aromatic carbocycles. The minimum atomic E-state index is 0.270. The maximum Gasteiger partial charge on any atom is 0.227 e. The fourth-order valence-corrected chi connectivity index (χ4v) is 3.20. The summed E-state index contributed by atoms with van der Waals surface area (Å²) in [5.74, 6) is 0.270. The number of carbonyl (C=O) groups is 1. The Hall–Kier alpha value is -0.830. The number of rotatable bonds is 10. The number of anilines is 1. The molecule has 0 atom stereocenters. The molecule has 0 aliphatic rings. The molecule has 0 heterocycles. The van der Waals surface area contributed by atoms with Crippen molar-refractivity contribution in [1.29, 1.82) is 0 Å². The van der Waals surface area contributed by atoms with Crippen LogP contribution in [-0.2, 0) is 4.79 Å². The third kappa shape index (κ3) is 6.29. The molecular weight excluding hydrogens is 350 g/mol. The molecular formula is C20H32BrNO. The quantitative estimate of drug-likeness (QED) is 0.444. The minimum Gasteiger partial charge on any atom is -0.309 e. The zero-order valence-electron chi connectivity index (χ0n) is 15.2. The van der Waals surface area contributed by atoms with Gasteiger partial charge in [-0.3, -0.25) is 4.79 Å². The van der Waals surface area contributed by atoms with Gasteiger partial charge in [0.1, 0.15) is 0 Å². The van der Waals surface area contributed by atoms with E-state index in [0.717, 1.165) is 29.4 Å². The number of amides is 1. The van der Waals surface area contributed by atoms with E-state index in [1.165, 1.54) is 31.2 Å². The maximum atomic E-state index is 12.8. The molecule has 0 aliphatic carbocycles. The molecule has 0 aliphatic heterocycles. The molecule has 0 fully saturated rings. The molecule has 0 spiro atoms. The molecule has 0 saturated heterocycles. The predicted molar refractivity (Wildman–Crippen MR) is 104 cm³/mol. The fourth-order valence-electron chi connectivity index (χ4n) is 2.95. The number of hydrogen-bond donors (Lipinski definition) is 0. The van der Waals surface area contributed by atoms with Crippen LogP contribution in [0.25, 0.3) is 0 Å². The maximum absolute atomic E-state index is 12.8. The van der Waals surface area contributed by atoms with E-state index in [-0.39, 0.29) is 5.91 Å². The molecule has 0 aromatic heterocycles. The summed E-state index contributed by atoms with van der Waals surface area (Å²) in [6.07, 6.45) is 8.44. The topological polar surface area (TPSA) is 20.3 Å². The first kappa shape index (κ1) is 20.2. The molecule has 130 valence electrons. The minimum absolute atomic E-state index is 0.270. The summed E-state index contributed by atoms with van der Waals surface area (Å²) in [6.45, 7) is 8.61. The molecule has 1 amide bonds. The summed E-state index contributed by atoms with van der Waals surface area (Å²) < 4.78 is 1.10. The lowest BCUT2D eigenvalue weighted by Gasteiger charge is -2.33. The second kappa shape index (κ2) is 10.9. The first-order valence-electron chi connectivity index (χ1n) is 9.13. The summed E-state index contributed by atoms with van der Waals surface area (Å²) >= 11 is 3.56. The lowest BCUT2D eigenvalue weighted by atomic mass is 10.00. The largest absolute Gasteiger partial charge is 0.309 e. The van der Waals surface area contributed by atoms with E-state index in [9.17, 15) is 4.79 Å². The molecule has 0 radical (unpaired) electrons. The van der Waals surface area contributed by atoms with E-state index >= 15 is 0 Å². The Labute approximate surface area is 150 Å². The highest BCUT2D eigenvalue weighted by Gasteiger charge is 2.24. The van der Waals surface area contributed by atoms with Crippen LogP contribution in [0, 0.1) is 6.92 Å². The number of unbranched alkanes of at least 4 members (excludes halogenated alkanes) is 2. The van der Waals surface area contributed by atoms with Crippen molar-refractivity contribution in [3.05, 3.63) is 28.2 Å². The van der Waals surface area contributed by atoms with Crippen LogP contribution in [-0.4, -0.2) is 11.9 Å². The first-order chi connectivity index (χ1) is 11.0. The standard InChI is InChI=1S/C20H32BrNO/c1-5-8-11-17(12-9-6-2)22(20(23)10-7-3)18-13-14-19(21)16(4)15-18/h13-15,17H,5-12H2,1-4H3. The Bertz CT molecular complexity index is 479. The Kier molecular flexibility index (Phi) is 9.54. The van der Waals surface area contributed by atoms with E-state index in [1.807, 2.05) is 0 Å². The van der Waals surface area contributed by atoms with Crippen molar-refractivity contribution >= 4 is 27.5 Å². The Balaban J connectivity index is 3.12. The van der Waals surface area contributed by atoms with E-state index in [0.29, 0.717) is 12.5 Å². The van der Waals surface area contributed by atoms with E-state index in [4.69, 9.17) is 0 Å². The summed E-state index contributed by atoms with van der Waals surface area (Å²) in [5, 5.41) is 0. The number of benzene rings is 1. The summed E-state index contributed by atoms with van der Waals surface area (Å²) in [6, 6.07) is 6.61. The van der Waals surface area contributed by atoms with Gasteiger partial charge in [-0.15, -0.1) is 0 Å². The summed E-state index contributed by atoms with van der Waals surface area (Å²) in [5.41, 5.74) is 2.24. The average molecular weight is 382 g/mol. The van der Waals surface area contributed by atoms with Gasteiger partial charge < -0.3 is 4.90 Å². The number of halogens is 1. The van der Waals surface area contributed by atoms with Gasteiger partial charge in [0.15, 0.2) is 0 Å². The number of hydrogen-bond acceptors (Lipinski definition) is 1. The lowest BCUT2D eigenvalue weighted by Crippen LogP contribution is -2.40. The van der Waals surface area contributed by atoms with Gasteiger partial charge in [-0.25, -0.2) is 0 Å². The highest BCUT2D eigenvalue weighted by atomic mass is 79.9. The van der Waals surface area contributed by atoms with Crippen LogP contribution in [0.1, 0.15) is 77.7 Å². The van der Waals surface area contributed by atoms with Crippen molar-refractivity contribution in [3.8, 4) is 0 Å². The van der Waals surface area contributed by atoms with Gasteiger partial charge in [0.2, 0.25) is 5.91 Å². The molecule has 1 rings (SSSR count). The van der Waals surface area contributed by atoms with Gasteiger partial charge in [0.05, 0.1) is 0 Å². The van der Waals surface area contributed by atoms with Crippen molar-refractivity contribution in [2.45, 2.75) is 85.1 Å². The van der Waals surface area contributed by atoms with Crippen LogP contribution < -0.4 is 4.90 Å².